The number of nitrogens with zero attached hydrogens (tertiary/aromatic N) is 3. The second kappa shape index (κ2) is 10.6. The minimum atomic E-state index is -0.536. The zero-order valence-electron chi connectivity index (χ0n) is 19.3. The molecule has 1 saturated heterocycles. The summed E-state index contributed by atoms with van der Waals surface area (Å²) >= 11 is 0. The van der Waals surface area contributed by atoms with E-state index in [1.54, 1.807) is 12.1 Å². The maximum Gasteiger partial charge on any atom is 0.317 e. The number of nitrogens with one attached hydrogen (secondary N) is 1. The van der Waals surface area contributed by atoms with Crippen molar-refractivity contribution in [2.45, 2.75) is 45.7 Å². The third kappa shape index (κ3) is 5.25. The van der Waals surface area contributed by atoms with Gasteiger partial charge in [0.25, 0.3) is 5.91 Å². The molecule has 0 aliphatic carbocycles. The van der Waals surface area contributed by atoms with Crippen LogP contribution in [0.5, 0.6) is 0 Å². The van der Waals surface area contributed by atoms with Gasteiger partial charge in [0.05, 0.1) is 17.6 Å². The Morgan fingerprint density at radius 3 is 2.18 bits per heavy atom. The third-order valence-corrected chi connectivity index (χ3v) is 6.39. The Morgan fingerprint density at radius 2 is 1.52 bits per heavy atom. The number of benzene rings is 2. The minimum absolute atomic E-state index is 0.0895. The summed E-state index contributed by atoms with van der Waals surface area (Å²) in [4.78, 5) is 40.3. The highest BCUT2D eigenvalue weighted by atomic mass is 16.2. The second-order valence-corrected chi connectivity index (χ2v) is 8.64. The van der Waals surface area contributed by atoms with E-state index in [2.05, 4.69) is 10.2 Å². The lowest BCUT2D eigenvalue weighted by molar-refractivity contribution is 0.0951. The van der Waals surface area contributed by atoms with E-state index in [1.807, 2.05) is 43.3 Å². The van der Waals surface area contributed by atoms with Crippen molar-refractivity contribution in [1.82, 2.24) is 19.4 Å². The van der Waals surface area contributed by atoms with Gasteiger partial charge >= 0.3 is 11.1 Å². The molecule has 0 atom stereocenters. The van der Waals surface area contributed by atoms with E-state index in [9.17, 15) is 14.4 Å². The molecule has 0 spiro atoms. The van der Waals surface area contributed by atoms with Gasteiger partial charge in [-0.25, -0.2) is 0 Å². The first-order valence-corrected chi connectivity index (χ1v) is 11.9. The predicted molar refractivity (Wildman–Crippen MR) is 131 cm³/mol. The molecule has 1 N–H and O–H groups in total. The maximum absolute atomic E-state index is 12.8. The fourth-order valence-electron chi connectivity index (χ4n) is 4.58. The predicted octanol–water partition coefficient (Wildman–Crippen LogP) is 2.84. The number of fused-ring (bicyclic) bond motifs is 1. The molecule has 7 nitrogen and oxygen atoms in total. The topological polar surface area (TPSA) is 76.3 Å². The van der Waals surface area contributed by atoms with E-state index in [-0.39, 0.29) is 12.5 Å². The number of aryl methyl sites for hydroxylation is 1. The van der Waals surface area contributed by atoms with Crippen LogP contribution in [0.15, 0.2) is 58.1 Å². The Kier molecular flexibility index (Phi) is 7.40. The van der Waals surface area contributed by atoms with Crippen LogP contribution in [-0.4, -0.2) is 46.1 Å². The molecule has 0 unspecified atom stereocenters. The highest BCUT2D eigenvalue weighted by Gasteiger charge is 2.13. The van der Waals surface area contributed by atoms with E-state index in [0.717, 1.165) is 29.6 Å². The summed E-state index contributed by atoms with van der Waals surface area (Å²) in [6.07, 6.45) is 4.83. The van der Waals surface area contributed by atoms with Crippen LogP contribution in [0.2, 0.25) is 0 Å². The van der Waals surface area contributed by atoms with Crippen molar-refractivity contribution in [3.05, 3.63) is 80.4 Å². The van der Waals surface area contributed by atoms with Gasteiger partial charge in [0.15, 0.2) is 0 Å². The molecule has 4 rings (SSSR count). The molecular weight excluding hydrogens is 416 g/mol. The van der Waals surface area contributed by atoms with E-state index in [0.29, 0.717) is 18.7 Å². The molecule has 1 fully saturated rings. The fourth-order valence-corrected chi connectivity index (χ4v) is 4.58. The Bertz CT molecular complexity index is 1220. The fraction of sp³-hybridized carbons (Fsp3) is 0.423. The van der Waals surface area contributed by atoms with Gasteiger partial charge in [-0.2, -0.15) is 0 Å². The lowest BCUT2D eigenvalue weighted by Gasteiger charge is -2.26. The van der Waals surface area contributed by atoms with Crippen molar-refractivity contribution in [3.63, 3.8) is 0 Å². The summed E-state index contributed by atoms with van der Waals surface area (Å²) in [5.41, 5.74) is 1.86. The molecule has 174 valence electrons. The van der Waals surface area contributed by atoms with Gasteiger partial charge < -0.3 is 14.8 Å². The van der Waals surface area contributed by atoms with Crippen LogP contribution in [0.25, 0.3) is 11.0 Å². The molecule has 2 aromatic carbocycles. The summed E-state index contributed by atoms with van der Waals surface area (Å²) in [5.74, 6) is -0.0895. The van der Waals surface area contributed by atoms with Gasteiger partial charge in [-0.3, -0.25) is 19.0 Å². The minimum Gasteiger partial charge on any atom is -0.352 e. The van der Waals surface area contributed by atoms with Gasteiger partial charge in [0, 0.05) is 18.7 Å². The Morgan fingerprint density at radius 1 is 0.879 bits per heavy atom. The lowest BCUT2D eigenvalue weighted by atomic mass is 10.1. The number of amides is 1. The average molecular weight is 449 g/mol. The van der Waals surface area contributed by atoms with Gasteiger partial charge in [0.2, 0.25) is 0 Å². The van der Waals surface area contributed by atoms with Crippen LogP contribution in [0, 0.1) is 0 Å². The first kappa shape index (κ1) is 23.0. The van der Waals surface area contributed by atoms with Crippen LogP contribution in [-0.2, 0) is 13.1 Å². The lowest BCUT2D eigenvalue weighted by Crippen LogP contribution is -2.41. The molecule has 0 saturated carbocycles. The number of carbonyl (C=O) groups excluding carboxylic acids is 1. The molecule has 2 heterocycles. The van der Waals surface area contributed by atoms with Crippen LogP contribution < -0.4 is 16.4 Å². The Labute approximate surface area is 193 Å². The number of carbonyl (C=O) groups is 1. The number of rotatable bonds is 8. The molecular formula is C26H32N4O3. The number of para-hydroxylation sites is 2. The van der Waals surface area contributed by atoms with Crippen molar-refractivity contribution in [1.29, 1.82) is 0 Å². The molecule has 1 aliphatic heterocycles. The maximum atomic E-state index is 12.8. The van der Waals surface area contributed by atoms with Gasteiger partial charge in [-0.1, -0.05) is 30.7 Å². The molecule has 1 aliphatic rings. The number of likely N-dealkylation sites (tertiary alicyclic amines) is 1. The SMILES string of the molecule is CCn1c(=O)c(=O)n(Cc2ccc(C(=O)NCCCN3CCCCC3)cc2)c2ccccc21. The quantitative estimate of drug-likeness (QED) is 0.425. The third-order valence-electron chi connectivity index (χ3n) is 6.39. The molecule has 1 amide bonds. The average Bonchev–Trinajstić information content (AvgIpc) is 2.86. The molecule has 1 aromatic heterocycles. The van der Waals surface area contributed by atoms with E-state index in [1.165, 1.54) is 41.5 Å². The summed E-state index contributed by atoms with van der Waals surface area (Å²) in [7, 11) is 0. The van der Waals surface area contributed by atoms with Crippen molar-refractivity contribution in [2.75, 3.05) is 26.2 Å². The highest BCUT2D eigenvalue weighted by molar-refractivity contribution is 5.94. The van der Waals surface area contributed by atoms with Crippen molar-refractivity contribution < 1.29 is 4.79 Å². The second-order valence-electron chi connectivity index (χ2n) is 8.64. The standard InChI is InChI=1S/C26H32N4O3/c1-2-29-22-9-4-5-10-23(22)30(26(33)25(29)32)19-20-11-13-21(14-12-20)24(31)27-15-8-18-28-16-6-3-7-17-28/h4-5,9-14H,2-3,6-8,15-19H2,1H3,(H,27,31). The van der Waals surface area contributed by atoms with Gasteiger partial charge in [-0.15, -0.1) is 0 Å². The smallest absolute Gasteiger partial charge is 0.317 e. The summed E-state index contributed by atoms with van der Waals surface area (Å²) in [6, 6.07) is 14.7. The summed E-state index contributed by atoms with van der Waals surface area (Å²) < 4.78 is 3.02. The number of hydrogen-bond acceptors (Lipinski definition) is 4. The first-order chi connectivity index (χ1) is 16.1. The molecule has 0 bridgehead atoms. The molecule has 3 aromatic rings. The van der Waals surface area contributed by atoms with E-state index >= 15 is 0 Å². The molecule has 7 heteroatoms. The molecule has 0 radical (unpaired) electrons. The molecule has 33 heavy (non-hydrogen) atoms. The zero-order valence-corrected chi connectivity index (χ0v) is 19.3. The van der Waals surface area contributed by atoms with Gasteiger partial charge in [0.1, 0.15) is 0 Å². The summed E-state index contributed by atoms with van der Waals surface area (Å²) in [5, 5.41) is 3.00. The van der Waals surface area contributed by atoms with Gasteiger partial charge in [-0.05, 0) is 75.6 Å². The highest BCUT2D eigenvalue weighted by Crippen LogP contribution is 2.13. The first-order valence-electron chi connectivity index (χ1n) is 11.9. The van der Waals surface area contributed by atoms with E-state index < -0.39 is 11.1 Å². The van der Waals surface area contributed by atoms with Crippen LogP contribution in [0.4, 0.5) is 0 Å². The van der Waals surface area contributed by atoms with Crippen molar-refractivity contribution in [3.8, 4) is 0 Å². The zero-order chi connectivity index (χ0) is 23.2. The number of hydrogen-bond donors (Lipinski definition) is 1. The summed E-state index contributed by atoms with van der Waals surface area (Å²) in [6.45, 7) is 6.59. The number of aromatic nitrogens is 2. The van der Waals surface area contributed by atoms with E-state index in [4.69, 9.17) is 0 Å². The largest absolute Gasteiger partial charge is 0.352 e. The van der Waals surface area contributed by atoms with Crippen molar-refractivity contribution in [2.24, 2.45) is 0 Å². The van der Waals surface area contributed by atoms with Crippen LogP contribution in [0.1, 0.15) is 48.5 Å². The number of piperidine rings is 1. The van der Waals surface area contributed by atoms with Crippen LogP contribution in [0.3, 0.4) is 0 Å². The van der Waals surface area contributed by atoms with Crippen molar-refractivity contribution >= 4 is 16.9 Å². The Balaban J connectivity index is 1.41. The monoisotopic (exact) mass is 448 g/mol. The normalized spacial score (nSPS) is 14.5. The van der Waals surface area contributed by atoms with Crippen LogP contribution >= 0.6 is 0 Å². The Hall–Kier alpha value is -3.19.